The summed E-state index contributed by atoms with van der Waals surface area (Å²) in [7, 11) is 1.63. The largest absolute Gasteiger partial charge is 0.353 e. The van der Waals surface area contributed by atoms with E-state index in [1.807, 2.05) is 13.8 Å². The minimum atomic E-state index is -0.477. The van der Waals surface area contributed by atoms with Gasteiger partial charge in [0.15, 0.2) is 5.79 Å². The normalized spacial score (nSPS) is 17.3. The lowest BCUT2D eigenvalue weighted by Crippen LogP contribution is -2.29. The molecule has 0 aliphatic rings. The molecule has 0 N–H and O–H groups in total. The summed E-state index contributed by atoms with van der Waals surface area (Å²) in [6.45, 7) is 8.18. The molecular formula is C7H15O2. The van der Waals surface area contributed by atoms with Crippen LogP contribution in [-0.2, 0) is 9.47 Å². The Morgan fingerprint density at radius 1 is 1.56 bits per heavy atom. The van der Waals surface area contributed by atoms with Crippen LogP contribution in [0.2, 0.25) is 0 Å². The summed E-state index contributed by atoms with van der Waals surface area (Å²) >= 11 is 0. The number of hydrogen-bond acceptors (Lipinski definition) is 2. The molecule has 0 aliphatic heterocycles. The topological polar surface area (TPSA) is 18.5 Å². The lowest BCUT2D eigenvalue weighted by molar-refractivity contribution is -0.205. The molecule has 0 spiro atoms. The van der Waals surface area contributed by atoms with E-state index in [1.165, 1.54) is 0 Å². The zero-order chi connectivity index (χ0) is 7.33. The predicted octanol–water partition coefficient (Wildman–Crippen LogP) is 1.61. The number of rotatable bonds is 4. The molecule has 1 atom stereocenters. The quantitative estimate of drug-likeness (QED) is 0.540. The van der Waals surface area contributed by atoms with Gasteiger partial charge in [-0.1, -0.05) is 0 Å². The van der Waals surface area contributed by atoms with E-state index in [-0.39, 0.29) is 0 Å². The second kappa shape index (κ2) is 3.85. The molecule has 0 aromatic carbocycles. The third-order valence-corrected chi connectivity index (χ3v) is 1.34. The van der Waals surface area contributed by atoms with Gasteiger partial charge in [0.05, 0.1) is 0 Å². The number of methoxy groups -OCH3 is 1. The average Bonchev–Trinajstić information content (AvgIpc) is 1.89. The summed E-state index contributed by atoms with van der Waals surface area (Å²) in [5.41, 5.74) is 0. The molecule has 2 nitrogen and oxygen atoms in total. The van der Waals surface area contributed by atoms with E-state index in [0.717, 1.165) is 0 Å². The van der Waals surface area contributed by atoms with Gasteiger partial charge in [0.2, 0.25) is 0 Å². The van der Waals surface area contributed by atoms with Crippen LogP contribution in [0.3, 0.4) is 0 Å². The minimum absolute atomic E-state index is 0.477. The fourth-order valence-corrected chi connectivity index (χ4v) is 0.538. The van der Waals surface area contributed by atoms with Crippen molar-refractivity contribution < 1.29 is 9.47 Å². The van der Waals surface area contributed by atoms with Crippen LogP contribution in [0.1, 0.15) is 20.3 Å². The second-order valence-corrected chi connectivity index (χ2v) is 2.02. The van der Waals surface area contributed by atoms with Crippen LogP contribution in [0.4, 0.5) is 0 Å². The van der Waals surface area contributed by atoms with Gasteiger partial charge in [0, 0.05) is 20.1 Å². The van der Waals surface area contributed by atoms with Crippen molar-refractivity contribution in [2.75, 3.05) is 13.7 Å². The van der Waals surface area contributed by atoms with Gasteiger partial charge in [0.25, 0.3) is 0 Å². The van der Waals surface area contributed by atoms with E-state index in [0.29, 0.717) is 13.0 Å². The van der Waals surface area contributed by atoms with Crippen molar-refractivity contribution in [2.24, 2.45) is 0 Å². The third kappa shape index (κ3) is 2.82. The van der Waals surface area contributed by atoms with Gasteiger partial charge < -0.3 is 9.47 Å². The van der Waals surface area contributed by atoms with Crippen molar-refractivity contribution in [3.05, 3.63) is 6.92 Å². The van der Waals surface area contributed by atoms with Crippen molar-refractivity contribution in [2.45, 2.75) is 26.1 Å². The van der Waals surface area contributed by atoms with Crippen LogP contribution >= 0.6 is 0 Å². The molecule has 9 heavy (non-hydrogen) atoms. The van der Waals surface area contributed by atoms with Crippen LogP contribution in [0.25, 0.3) is 0 Å². The molecule has 1 radical (unpaired) electrons. The maximum Gasteiger partial charge on any atom is 0.165 e. The first-order valence-corrected chi connectivity index (χ1v) is 3.17. The molecule has 0 fully saturated rings. The maximum atomic E-state index is 5.24. The molecule has 0 aromatic rings. The first-order valence-electron chi connectivity index (χ1n) is 3.17. The van der Waals surface area contributed by atoms with Gasteiger partial charge in [-0.05, 0) is 20.8 Å². The van der Waals surface area contributed by atoms with Gasteiger partial charge in [-0.2, -0.15) is 0 Å². The first kappa shape index (κ1) is 8.92. The summed E-state index contributed by atoms with van der Waals surface area (Å²) < 4.78 is 10.3. The monoisotopic (exact) mass is 131 g/mol. The van der Waals surface area contributed by atoms with Crippen LogP contribution in [-0.4, -0.2) is 19.5 Å². The Bertz CT molecular complexity index is 67.3. The molecule has 0 bridgehead atoms. The second-order valence-electron chi connectivity index (χ2n) is 2.02. The molecule has 2 heteroatoms. The van der Waals surface area contributed by atoms with Crippen molar-refractivity contribution in [3.63, 3.8) is 0 Å². The molecule has 55 valence electrons. The van der Waals surface area contributed by atoms with E-state index >= 15 is 0 Å². The van der Waals surface area contributed by atoms with Crippen molar-refractivity contribution in [1.29, 1.82) is 0 Å². The Balaban J connectivity index is 3.62. The lowest BCUT2D eigenvalue weighted by Gasteiger charge is -2.25. The highest BCUT2D eigenvalue weighted by Gasteiger charge is 2.19. The van der Waals surface area contributed by atoms with E-state index in [1.54, 1.807) is 7.11 Å². The fraction of sp³-hybridized carbons (Fsp3) is 0.857. The highest BCUT2D eigenvalue weighted by molar-refractivity contribution is 4.62. The van der Waals surface area contributed by atoms with Gasteiger partial charge in [-0.15, -0.1) is 0 Å². The summed E-state index contributed by atoms with van der Waals surface area (Å²) in [5.74, 6) is -0.477. The Kier molecular flexibility index (Phi) is 3.82. The zero-order valence-electron chi connectivity index (χ0n) is 6.44. The summed E-state index contributed by atoms with van der Waals surface area (Å²) in [6.07, 6.45) is 0.636. The van der Waals surface area contributed by atoms with Gasteiger partial charge >= 0.3 is 0 Å². The molecular weight excluding hydrogens is 116 g/mol. The lowest BCUT2D eigenvalue weighted by atomic mass is 10.2. The summed E-state index contributed by atoms with van der Waals surface area (Å²) in [6, 6.07) is 0. The molecule has 0 heterocycles. The molecule has 0 amide bonds. The van der Waals surface area contributed by atoms with E-state index < -0.39 is 5.79 Å². The zero-order valence-corrected chi connectivity index (χ0v) is 6.44. The van der Waals surface area contributed by atoms with Crippen molar-refractivity contribution in [1.82, 2.24) is 0 Å². The maximum absolute atomic E-state index is 5.24. The van der Waals surface area contributed by atoms with Gasteiger partial charge in [0.1, 0.15) is 0 Å². The minimum Gasteiger partial charge on any atom is -0.353 e. The molecule has 0 rings (SSSR count). The highest BCUT2D eigenvalue weighted by atomic mass is 16.7. The van der Waals surface area contributed by atoms with E-state index in [2.05, 4.69) is 6.92 Å². The highest BCUT2D eigenvalue weighted by Crippen LogP contribution is 2.14. The summed E-state index contributed by atoms with van der Waals surface area (Å²) in [5, 5.41) is 0. The smallest absolute Gasteiger partial charge is 0.165 e. The number of ether oxygens (including phenoxy) is 2. The van der Waals surface area contributed by atoms with Crippen LogP contribution in [0.5, 0.6) is 0 Å². The van der Waals surface area contributed by atoms with E-state index in [9.17, 15) is 0 Å². The van der Waals surface area contributed by atoms with Crippen LogP contribution < -0.4 is 0 Å². The average molecular weight is 131 g/mol. The summed E-state index contributed by atoms with van der Waals surface area (Å²) in [4.78, 5) is 0. The number of hydrogen-bond donors (Lipinski definition) is 0. The van der Waals surface area contributed by atoms with E-state index in [4.69, 9.17) is 9.47 Å². The molecule has 0 saturated heterocycles. The SMILES string of the molecule is [CH2]CC(C)(OC)OCC. The Morgan fingerprint density at radius 2 is 2.11 bits per heavy atom. The molecule has 0 saturated carbocycles. The Hall–Kier alpha value is -0.0800. The van der Waals surface area contributed by atoms with Gasteiger partial charge in [-0.25, -0.2) is 0 Å². The Morgan fingerprint density at radius 3 is 2.22 bits per heavy atom. The first-order chi connectivity index (χ1) is 4.18. The molecule has 0 aliphatic carbocycles. The standard InChI is InChI=1S/C7H15O2/c1-5-7(3,8-4)9-6-2/h1,5-6H2,2-4H3. The Labute approximate surface area is 57.2 Å². The predicted molar refractivity (Wildman–Crippen MR) is 37.0 cm³/mol. The van der Waals surface area contributed by atoms with Crippen LogP contribution in [0.15, 0.2) is 0 Å². The van der Waals surface area contributed by atoms with Crippen LogP contribution in [0, 0.1) is 6.92 Å². The molecule has 0 aromatic heterocycles. The van der Waals surface area contributed by atoms with Crippen molar-refractivity contribution in [3.8, 4) is 0 Å². The van der Waals surface area contributed by atoms with Gasteiger partial charge in [-0.3, -0.25) is 0 Å². The molecule has 1 unspecified atom stereocenters. The third-order valence-electron chi connectivity index (χ3n) is 1.34. The van der Waals surface area contributed by atoms with Crippen molar-refractivity contribution >= 4 is 0 Å². The fourth-order valence-electron chi connectivity index (χ4n) is 0.538.